The Bertz CT molecular complexity index is 682. The maximum absolute atomic E-state index is 11.9. The molecule has 78 valence electrons. The third-order valence-electron chi connectivity index (χ3n) is 2.40. The number of hydrogen-bond donors (Lipinski definition) is 0. The van der Waals surface area contributed by atoms with Crippen LogP contribution in [0.15, 0.2) is 52.6 Å². The van der Waals surface area contributed by atoms with E-state index >= 15 is 0 Å². The summed E-state index contributed by atoms with van der Waals surface area (Å²) < 4.78 is 2.40. The summed E-state index contributed by atoms with van der Waals surface area (Å²) >= 11 is 1.96. The van der Waals surface area contributed by atoms with Gasteiger partial charge < -0.3 is 0 Å². The standard InChI is InChI=1S/C13H8OSSe/c14-10-8-13(11-5-3-7-15-11)16-12-6-2-1-4-9(10)12/h1-8H. The topological polar surface area (TPSA) is 17.1 Å². The van der Waals surface area contributed by atoms with Crippen LogP contribution in [0.3, 0.4) is 0 Å². The fourth-order valence-corrected chi connectivity index (χ4v) is 4.89. The average molecular weight is 291 g/mol. The van der Waals surface area contributed by atoms with E-state index in [4.69, 9.17) is 0 Å². The summed E-state index contributed by atoms with van der Waals surface area (Å²) in [5.74, 6) is 0. The van der Waals surface area contributed by atoms with E-state index in [0.717, 1.165) is 5.39 Å². The molecule has 0 aliphatic heterocycles. The summed E-state index contributed by atoms with van der Waals surface area (Å²) in [5.41, 5.74) is 0.145. The molecule has 16 heavy (non-hydrogen) atoms. The van der Waals surface area contributed by atoms with E-state index < -0.39 is 0 Å². The summed E-state index contributed by atoms with van der Waals surface area (Å²) in [6.07, 6.45) is 0. The van der Waals surface area contributed by atoms with Crippen molar-refractivity contribution in [3.8, 4) is 9.31 Å². The average Bonchev–Trinajstić information content (AvgIpc) is 2.82. The Hall–Kier alpha value is -1.15. The Morgan fingerprint density at radius 3 is 2.75 bits per heavy atom. The van der Waals surface area contributed by atoms with Gasteiger partial charge in [0.15, 0.2) is 0 Å². The maximum atomic E-state index is 11.9. The summed E-state index contributed by atoms with van der Waals surface area (Å²) in [6, 6.07) is 13.8. The quantitative estimate of drug-likeness (QED) is 0.630. The molecule has 0 unspecified atom stereocenters. The van der Waals surface area contributed by atoms with Crippen molar-refractivity contribution in [3.05, 3.63) is 58.1 Å². The van der Waals surface area contributed by atoms with Crippen molar-refractivity contribution in [2.75, 3.05) is 0 Å². The number of fused-ring (bicyclic) bond motifs is 1. The van der Waals surface area contributed by atoms with Gasteiger partial charge in [0.1, 0.15) is 0 Å². The van der Waals surface area contributed by atoms with Gasteiger partial charge >= 0.3 is 103 Å². The first-order valence-electron chi connectivity index (χ1n) is 4.91. The molecular formula is C13H8OSSe. The molecule has 0 N–H and O–H groups in total. The summed E-state index contributed by atoms with van der Waals surface area (Å²) in [4.78, 5) is 13.2. The number of hydrogen-bond acceptors (Lipinski definition) is 2. The van der Waals surface area contributed by atoms with Crippen LogP contribution in [0.5, 0.6) is 0 Å². The first-order valence-corrected chi connectivity index (χ1v) is 7.50. The Labute approximate surface area is 103 Å². The molecular weight excluding hydrogens is 283 g/mol. The molecule has 3 aromatic rings. The van der Waals surface area contributed by atoms with Crippen molar-refractivity contribution in [2.45, 2.75) is 0 Å². The van der Waals surface area contributed by atoms with Crippen LogP contribution in [-0.4, -0.2) is 14.5 Å². The van der Waals surface area contributed by atoms with Crippen LogP contribution in [0.4, 0.5) is 0 Å². The summed E-state index contributed by atoms with van der Waals surface area (Å²) in [7, 11) is 0. The molecule has 1 aromatic carbocycles. The van der Waals surface area contributed by atoms with E-state index in [2.05, 4.69) is 17.5 Å². The predicted octanol–water partition coefficient (Wildman–Crippen LogP) is 2.99. The van der Waals surface area contributed by atoms with Gasteiger partial charge in [-0.25, -0.2) is 0 Å². The van der Waals surface area contributed by atoms with Crippen molar-refractivity contribution in [1.29, 1.82) is 0 Å². The van der Waals surface area contributed by atoms with E-state index in [1.54, 1.807) is 17.4 Å². The minimum absolute atomic E-state index is 0.145. The third kappa shape index (κ3) is 1.67. The predicted molar refractivity (Wildman–Crippen MR) is 70.5 cm³/mol. The molecule has 3 heteroatoms. The molecule has 0 bridgehead atoms. The van der Waals surface area contributed by atoms with Crippen LogP contribution in [0, 0.1) is 0 Å². The molecule has 3 rings (SSSR count). The minimum atomic E-state index is 0.145. The van der Waals surface area contributed by atoms with Gasteiger partial charge in [0, 0.05) is 0 Å². The monoisotopic (exact) mass is 292 g/mol. The SMILES string of the molecule is O=c1cc(-c2cccs2)[se]c2ccccc12. The fourth-order valence-electron chi connectivity index (χ4n) is 1.64. The second-order valence-corrected chi connectivity index (χ2v) is 6.67. The Morgan fingerprint density at radius 1 is 1.06 bits per heavy atom. The van der Waals surface area contributed by atoms with Gasteiger partial charge in [0.05, 0.1) is 0 Å². The van der Waals surface area contributed by atoms with Crippen molar-refractivity contribution >= 4 is 35.5 Å². The molecule has 0 atom stereocenters. The van der Waals surface area contributed by atoms with Crippen LogP contribution < -0.4 is 5.43 Å². The fraction of sp³-hybridized carbons (Fsp3) is 0. The first kappa shape index (κ1) is 10.0. The zero-order valence-corrected chi connectivity index (χ0v) is 10.9. The molecule has 0 amide bonds. The molecule has 0 radical (unpaired) electrons. The molecule has 2 heterocycles. The van der Waals surface area contributed by atoms with Crippen LogP contribution in [0.1, 0.15) is 0 Å². The molecule has 2 aromatic heterocycles. The van der Waals surface area contributed by atoms with Crippen LogP contribution in [0.2, 0.25) is 0 Å². The van der Waals surface area contributed by atoms with Gasteiger partial charge in [0.2, 0.25) is 0 Å². The Morgan fingerprint density at radius 2 is 1.94 bits per heavy atom. The Kier molecular flexibility index (Phi) is 2.52. The molecule has 0 aliphatic rings. The van der Waals surface area contributed by atoms with Crippen molar-refractivity contribution in [1.82, 2.24) is 0 Å². The van der Waals surface area contributed by atoms with E-state index in [1.807, 2.05) is 24.3 Å². The summed E-state index contributed by atoms with van der Waals surface area (Å²) in [6.45, 7) is 0. The number of rotatable bonds is 1. The van der Waals surface area contributed by atoms with Crippen LogP contribution in [0.25, 0.3) is 19.0 Å². The molecule has 0 fully saturated rings. The Balaban J connectivity index is 2.34. The van der Waals surface area contributed by atoms with Crippen molar-refractivity contribution < 1.29 is 0 Å². The second kappa shape index (κ2) is 4.02. The van der Waals surface area contributed by atoms with Crippen LogP contribution in [-0.2, 0) is 0 Å². The van der Waals surface area contributed by atoms with Crippen LogP contribution >= 0.6 is 11.3 Å². The van der Waals surface area contributed by atoms with Gasteiger partial charge in [-0.15, -0.1) is 0 Å². The molecule has 0 spiro atoms. The molecule has 1 nitrogen and oxygen atoms in total. The van der Waals surface area contributed by atoms with Gasteiger partial charge in [0.25, 0.3) is 0 Å². The second-order valence-electron chi connectivity index (χ2n) is 3.45. The number of benzene rings is 1. The van der Waals surface area contributed by atoms with Crippen molar-refractivity contribution in [2.24, 2.45) is 0 Å². The van der Waals surface area contributed by atoms with E-state index in [9.17, 15) is 4.79 Å². The van der Waals surface area contributed by atoms with Gasteiger partial charge in [-0.3, -0.25) is 0 Å². The zero-order chi connectivity index (χ0) is 11.0. The van der Waals surface area contributed by atoms with Gasteiger partial charge in [-0.05, 0) is 0 Å². The van der Waals surface area contributed by atoms with E-state index in [0.29, 0.717) is 0 Å². The van der Waals surface area contributed by atoms with Crippen molar-refractivity contribution in [3.63, 3.8) is 0 Å². The van der Waals surface area contributed by atoms with E-state index in [-0.39, 0.29) is 19.9 Å². The van der Waals surface area contributed by atoms with Gasteiger partial charge in [-0.2, -0.15) is 0 Å². The molecule has 0 saturated carbocycles. The third-order valence-corrected chi connectivity index (χ3v) is 5.97. The normalized spacial score (nSPS) is 10.8. The van der Waals surface area contributed by atoms with Gasteiger partial charge in [-0.1, -0.05) is 0 Å². The molecule has 0 saturated heterocycles. The van der Waals surface area contributed by atoms with E-state index in [1.165, 1.54) is 13.6 Å². The molecule has 0 aliphatic carbocycles. The summed E-state index contributed by atoms with van der Waals surface area (Å²) in [5, 5.41) is 2.93. The first-order chi connectivity index (χ1) is 7.84. The number of thiophene rings is 1. The zero-order valence-electron chi connectivity index (χ0n) is 8.34.